The number of hydrogen-bond donors (Lipinski definition) is 1. The van der Waals surface area contributed by atoms with E-state index in [4.69, 9.17) is 5.73 Å². The molecular weight excluding hydrogens is 324 g/mol. The molecule has 0 spiro atoms. The summed E-state index contributed by atoms with van der Waals surface area (Å²) in [7, 11) is 2.18. The van der Waals surface area contributed by atoms with Crippen molar-refractivity contribution in [1.29, 1.82) is 0 Å². The van der Waals surface area contributed by atoms with Gasteiger partial charge in [0, 0.05) is 16.7 Å². The number of benzene rings is 2. The van der Waals surface area contributed by atoms with Crippen molar-refractivity contribution in [3.8, 4) is 0 Å². The van der Waals surface area contributed by atoms with E-state index in [9.17, 15) is 0 Å². The lowest BCUT2D eigenvalue weighted by Gasteiger charge is -2.20. The van der Waals surface area contributed by atoms with Crippen LogP contribution in [0.5, 0.6) is 0 Å². The topological polar surface area (TPSA) is 29.3 Å². The summed E-state index contributed by atoms with van der Waals surface area (Å²) in [5.74, 6) is 0.554. The number of rotatable bonds is 6. The van der Waals surface area contributed by atoms with Gasteiger partial charge in [-0.3, -0.25) is 0 Å². The molecule has 112 valence electrons. The van der Waals surface area contributed by atoms with Crippen LogP contribution in [0.15, 0.2) is 53.0 Å². The Morgan fingerprint density at radius 3 is 2.29 bits per heavy atom. The van der Waals surface area contributed by atoms with Gasteiger partial charge in [0.15, 0.2) is 0 Å². The molecule has 0 aliphatic rings. The van der Waals surface area contributed by atoms with Crippen LogP contribution in [0.1, 0.15) is 30.4 Å². The lowest BCUT2D eigenvalue weighted by atomic mass is 9.97. The molecule has 2 N–H and O–H groups in total. The van der Waals surface area contributed by atoms with Crippen molar-refractivity contribution in [2.45, 2.75) is 25.8 Å². The first-order chi connectivity index (χ1) is 10.0. The van der Waals surface area contributed by atoms with Crippen molar-refractivity contribution in [3.05, 3.63) is 64.1 Å². The van der Waals surface area contributed by atoms with E-state index in [1.807, 2.05) is 12.1 Å². The van der Waals surface area contributed by atoms with Crippen molar-refractivity contribution in [2.75, 3.05) is 19.3 Å². The average Bonchev–Trinajstić information content (AvgIpc) is 2.48. The van der Waals surface area contributed by atoms with Crippen LogP contribution in [-0.4, -0.2) is 18.5 Å². The van der Waals surface area contributed by atoms with Crippen molar-refractivity contribution in [2.24, 2.45) is 0 Å². The van der Waals surface area contributed by atoms with Gasteiger partial charge in [-0.2, -0.15) is 0 Å². The number of hydrogen-bond acceptors (Lipinski definition) is 2. The van der Waals surface area contributed by atoms with E-state index in [0.29, 0.717) is 5.92 Å². The van der Waals surface area contributed by atoms with Gasteiger partial charge < -0.3 is 10.6 Å². The Labute approximate surface area is 136 Å². The summed E-state index contributed by atoms with van der Waals surface area (Å²) in [6, 6.07) is 16.8. The minimum Gasteiger partial charge on any atom is -0.399 e. The van der Waals surface area contributed by atoms with Gasteiger partial charge in [0.05, 0.1) is 0 Å². The minimum absolute atomic E-state index is 0.554. The number of nitrogens with zero attached hydrogens (tertiary/aromatic N) is 1. The molecular formula is C18H23BrN2. The molecule has 0 heterocycles. The molecule has 0 bridgehead atoms. The van der Waals surface area contributed by atoms with Gasteiger partial charge >= 0.3 is 0 Å². The lowest BCUT2D eigenvalue weighted by molar-refractivity contribution is 0.313. The Kier molecular flexibility index (Phi) is 5.83. The lowest BCUT2D eigenvalue weighted by Crippen LogP contribution is -2.20. The Morgan fingerprint density at radius 2 is 1.67 bits per heavy atom. The zero-order valence-corrected chi connectivity index (χ0v) is 14.3. The van der Waals surface area contributed by atoms with Crippen LogP contribution in [-0.2, 0) is 6.54 Å². The molecule has 2 nitrogen and oxygen atoms in total. The third kappa shape index (κ3) is 5.18. The van der Waals surface area contributed by atoms with Crippen LogP contribution < -0.4 is 5.73 Å². The summed E-state index contributed by atoms with van der Waals surface area (Å²) >= 11 is 3.47. The molecule has 3 heteroatoms. The van der Waals surface area contributed by atoms with Crippen molar-refractivity contribution in [3.63, 3.8) is 0 Å². The van der Waals surface area contributed by atoms with Crippen LogP contribution in [0.3, 0.4) is 0 Å². The second-order valence-electron chi connectivity index (χ2n) is 5.72. The van der Waals surface area contributed by atoms with Crippen molar-refractivity contribution >= 4 is 21.6 Å². The minimum atomic E-state index is 0.554. The largest absolute Gasteiger partial charge is 0.399 e. The van der Waals surface area contributed by atoms with Crippen molar-refractivity contribution < 1.29 is 0 Å². The third-order valence-electron chi connectivity index (χ3n) is 3.82. The Morgan fingerprint density at radius 1 is 1.05 bits per heavy atom. The normalized spacial score (nSPS) is 12.6. The van der Waals surface area contributed by atoms with Gasteiger partial charge in [0.25, 0.3) is 0 Å². The molecule has 1 unspecified atom stereocenters. The summed E-state index contributed by atoms with van der Waals surface area (Å²) in [4.78, 5) is 2.37. The molecule has 0 radical (unpaired) electrons. The first-order valence-electron chi connectivity index (χ1n) is 7.33. The number of nitrogen functional groups attached to an aromatic ring is 1. The standard InChI is InChI=1S/C18H23BrN2/c1-14(16-5-9-18(20)10-6-16)11-12-21(2)13-15-3-7-17(19)8-4-15/h3-10,14H,11-13,20H2,1-2H3. The first kappa shape index (κ1) is 16.1. The number of nitrogens with two attached hydrogens (primary N) is 1. The Balaban J connectivity index is 1.81. The molecule has 0 aliphatic heterocycles. The fraction of sp³-hybridized carbons (Fsp3) is 0.333. The SMILES string of the molecule is CC(CCN(C)Cc1ccc(Br)cc1)c1ccc(N)cc1. The second-order valence-corrected chi connectivity index (χ2v) is 6.64. The predicted octanol–water partition coefficient (Wildman–Crippen LogP) is 4.66. The van der Waals surface area contributed by atoms with E-state index in [0.717, 1.165) is 29.7 Å². The van der Waals surface area contributed by atoms with Gasteiger partial charge in [-0.1, -0.05) is 47.1 Å². The first-order valence-corrected chi connectivity index (χ1v) is 8.12. The highest BCUT2D eigenvalue weighted by Crippen LogP contribution is 2.20. The Bertz CT molecular complexity index is 548. The van der Waals surface area contributed by atoms with Crippen LogP contribution >= 0.6 is 15.9 Å². The molecule has 2 rings (SSSR count). The van der Waals surface area contributed by atoms with E-state index >= 15 is 0 Å². The summed E-state index contributed by atoms with van der Waals surface area (Å²) in [6.07, 6.45) is 1.15. The van der Waals surface area contributed by atoms with Gasteiger partial charge in [-0.25, -0.2) is 0 Å². The average molecular weight is 347 g/mol. The number of anilines is 1. The summed E-state index contributed by atoms with van der Waals surface area (Å²) in [5, 5.41) is 0. The summed E-state index contributed by atoms with van der Waals surface area (Å²) in [6.45, 7) is 4.35. The molecule has 0 aromatic heterocycles. The van der Waals surface area contributed by atoms with Gasteiger partial charge in [0.1, 0.15) is 0 Å². The highest BCUT2D eigenvalue weighted by Gasteiger charge is 2.07. The highest BCUT2D eigenvalue weighted by atomic mass is 79.9. The quantitative estimate of drug-likeness (QED) is 0.771. The maximum Gasteiger partial charge on any atom is 0.0314 e. The van der Waals surface area contributed by atoms with E-state index in [1.165, 1.54) is 11.1 Å². The zero-order chi connectivity index (χ0) is 15.2. The zero-order valence-electron chi connectivity index (χ0n) is 12.7. The molecule has 21 heavy (non-hydrogen) atoms. The van der Waals surface area contributed by atoms with Crippen LogP contribution in [0, 0.1) is 0 Å². The van der Waals surface area contributed by atoms with Gasteiger partial charge in [0.2, 0.25) is 0 Å². The maximum atomic E-state index is 5.73. The molecule has 0 fully saturated rings. The highest BCUT2D eigenvalue weighted by molar-refractivity contribution is 9.10. The summed E-state index contributed by atoms with van der Waals surface area (Å²) < 4.78 is 1.13. The molecule has 0 saturated heterocycles. The van der Waals surface area contributed by atoms with E-state index in [1.54, 1.807) is 0 Å². The maximum absolute atomic E-state index is 5.73. The van der Waals surface area contributed by atoms with Crippen LogP contribution in [0.25, 0.3) is 0 Å². The fourth-order valence-electron chi connectivity index (χ4n) is 2.39. The summed E-state index contributed by atoms with van der Waals surface area (Å²) in [5.41, 5.74) is 9.28. The monoisotopic (exact) mass is 346 g/mol. The molecule has 0 aliphatic carbocycles. The third-order valence-corrected chi connectivity index (χ3v) is 4.34. The number of halogens is 1. The predicted molar refractivity (Wildman–Crippen MR) is 94.4 cm³/mol. The van der Waals surface area contributed by atoms with E-state index in [2.05, 4.69) is 71.2 Å². The molecule has 2 aromatic rings. The van der Waals surface area contributed by atoms with Crippen LogP contribution in [0.2, 0.25) is 0 Å². The fourth-order valence-corrected chi connectivity index (χ4v) is 2.65. The van der Waals surface area contributed by atoms with Crippen LogP contribution in [0.4, 0.5) is 5.69 Å². The smallest absolute Gasteiger partial charge is 0.0314 e. The van der Waals surface area contributed by atoms with Gasteiger partial charge in [-0.15, -0.1) is 0 Å². The van der Waals surface area contributed by atoms with Gasteiger partial charge in [-0.05, 0) is 61.3 Å². The van der Waals surface area contributed by atoms with Crippen molar-refractivity contribution in [1.82, 2.24) is 4.90 Å². The van der Waals surface area contributed by atoms with E-state index < -0.39 is 0 Å². The molecule has 2 aromatic carbocycles. The molecule has 0 amide bonds. The molecule has 0 saturated carbocycles. The molecule has 1 atom stereocenters. The van der Waals surface area contributed by atoms with E-state index in [-0.39, 0.29) is 0 Å². The Hall–Kier alpha value is -1.32. The second kappa shape index (κ2) is 7.62.